The van der Waals surface area contributed by atoms with Crippen LogP contribution in [0.2, 0.25) is 0 Å². The highest BCUT2D eigenvalue weighted by molar-refractivity contribution is 8.76. The van der Waals surface area contributed by atoms with Crippen molar-refractivity contribution in [3.63, 3.8) is 0 Å². The Kier molecular flexibility index (Phi) is 14.3. The predicted octanol–water partition coefficient (Wildman–Crippen LogP) is 5.93. The highest BCUT2D eigenvalue weighted by atomic mass is 33.1. The number of unbranched alkanes of at least 4 members (excludes halogenated alkanes) is 8. The fraction of sp³-hybridized carbons (Fsp3) is 0.900. The molecule has 2 unspecified atom stereocenters. The van der Waals surface area contributed by atoms with Gasteiger partial charge in [-0.05, 0) is 12.8 Å². The van der Waals surface area contributed by atoms with Gasteiger partial charge in [-0.1, -0.05) is 86.8 Å². The van der Waals surface area contributed by atoms with Crippen LogP contribution in [0.15, 0.2) is 0 Å². The second-order valence-electron chi connectivity index (χ2n) is 6.95. The Morgan fingerprint density at radius 2 is 1.08 bits per heavy atom. The van der Waals surface area contributed by atoms with E-state index in [4.69, 9.17) is 9.47 Å². The third kappa shape index (κ3) is 11.4. The summed E-state index contributed by atoms with van der Waals surface area (Å²) in [7, 11) is 3.37. The van der Waals surface area contributed by atoms with E-state index in [0.717, 1.165) is 25.7 Å². The molecule has 2 atom stereocenters. The first kappa shape index (κ1) is 23.7. The van der Waals surface area contributed by atoms with E-state index in [-0.39, 0.29) is 24.1 Å². The van der Waals surface area contributed by atoms with Crippen molar-refractivity contribution in [1.29, 1.82) is 0 Å². The number of hydrogen-bond acceptors (Lipinski definition) is 6. The lowest BCUT2D eigenvalue weighted by molar-refractivity contribution is -0.164. The molecule has 1 aliphatic rings. The quantitative estimate of drug-likeness (QED) is 0.203. The minimum absolute atomic E-state index is 0.153. The molecule has 152 valence electrons. The molecule has 0 aromatic rings. The number of carbonyl (C=O) groups excluding carboxylic acids is 2. The normalized spacial score (nSPS) is 19.9. The van der Waals surface area contributed by atoms with Crippen LogP contribution in [0.1, 0.15) is 90.9 Å². The largest absolute Gasteiger partial charge is 0.457 e. The van der Waals surface area contributed by atoms with Crippen molar-refractivity contribution < 1.29 is 19.1 Å². The lowest BCUT2D eigenvalue weighted by Crippen LogP contribution is -2.40. The summed E-state index contributed by atoms with van der Waals surface area (Å²) in [6, 6.07) is 0. The molecule has 1 aliphatic heterocycles. The van der Waals surface area contributed by atoms with Crippen molar-refractivity contribution in [3.8, 4) is 0 Å². The summed E-state index contributed by atoms with van der Waals surface area (Å²) >= 11 is 0. The standard InChI is InChI=1S/C20H36O4S2/c1-3-5-7-9-11-13-19(21)23-17-15-25-26-16-18(17)24-20(22)14-12-10-8-6-4-2/h17-18H,3-16H2,1-2H3. The van der Waals surface area contributed by atoms with Gasteiger partial charge in [0.15, 0.2) is 0 Å². The summed E-state index contributed by atoms with van der Waals surface area (Å²) in [6.45, 7) is 4.36. The van der Waals surface area contributed by atoms with Crippen molar-refractivity contribution in [3.05, 3.63) is 0 Å². The van der Waals surface area contributed by atoms with Gasteiger partial charge in [0.2, 0.25) is 0 Å². The van der Waals surface area contributed by atoms with Gasteiger partial charge in [0, 0.05) is 24.3 Å². The number of ether oxygens (including phenoxy) is 2. The van der Waals surface area contributed by atoms with E-state index >= 15 is 0 Å². The van der Waals surface area contributed by atoms with Crippen LogP contribution in [0.3, 0.4) is 0 Å². The molecule has 1 heterocycles. The average molecular weight is 405 g/mol. The molecule has 6 heteroatoms. The zero-order chi connectivity index (χ0) is 19.0. The molecule has 0 saturated carbocycles. The minimum Gasteiger partial charge on any atom is -0.457 e. The van der Waals surface area contributed by atoms with E-state index in [1.807, 2.05) is 0 Å². The van der Waals surface area contributed by atoms with Gasteiger partial charge in [0.1, 0.15) is 12.2 Å². The summed E-state index contributed by atoms with van der Waals surface area (Å²) in [6.07, 6.45) is 11.5. The summed E-state index contributed by atoms with van der Waals surface area (Å²) in [5.41, 5.74) is 0. The van der Waals surface area contributed by atoms with Crippen LogP contribution in [0, 0.1) is 0 Å². The highest BCUT2D eigenvalue weighted by Crippen LogP contribution is 2.33. The Morgan fingerprint density at radius 1 is 0.692 bits per heavy atom. The van der Waals surface area contributed by atoms with Gasteiger partial charge in [-0.2, -0.15) is 0 Å². The monoisotopic (exact) mass is 404 g/mol. The third-order valence-corrected chi connectivity index (χ3v) is 6.91. The van der Waals surface area contributed by atoms with Crippen LogP contribution in [0.5, 0.6) is 0 Å². The smallest absolute Gasteiger partial charge is 0.306 e. The molecule has 0 amide bonds. The van der Waals surface area contributed by atoms with Gasteiger partial charge < -0.3 is 9.47 Å². The molecule has 0 aromatic carbocycles. The van der Waals surface area contributed by atoms with Gasteiger partial charge in [-0.3, -0.25) is 9.59 Å². The molecular formula is C20H36O4S2. The van der Waals surface area contributed by atoms with Gasteiger partial charge >= 0.3 is 11.9 Å². The molecule has 0 radical (unpaired) electrons. The van der Waals surface area contributed by atoms with Crippen LogP contribution in [-0.2, 0) is 19.1 Å². The average Bonchev–Trinajstić information content (AvgIpc) is 2.63. The molecule has 0 bridgehead atoms. The Hall–Kier alpha value is -0.360. The van der Waals surface area contributed by atoms with Crippen LogP contribution in [0.4, 0.5) is 0 Å². The minimum atomic E-state index is -0.298. The number of rotatable bonds is 14. The van der Waals surface area contributed by atoms with E-state index in [1.165, 1.54) is 38.5 Å². The molecule has 0 aromatic heterocycles. The van der Waals surface area contributed by atoms with E-state index in [1.54, 1.807) is 21.6 Å². The Bertz CT molecular complexity index is 354. The first-order valence-corrected chi connectivity index (χ1v) is 12.8. The van der Waals surface area contributed by atoms with Crippen molar-refractivity contribution in [1.82, 2.24) is 0 Å². The van der Waals surface area contributed by atoms with Crippen molar-refractivity contribution in [2.24, 2.45) is 0 Å². The van der Waals surface area contributed by atoms with Crippen molar-refractivity contribution in [2.45, 2.75) is 103 Å². The number of carbonyl (C=O) groups is 2. The van der Waals surface area contributed by atoms with E-state index < -0.39 is 0 Å². The van der Waals surface area contributed by atoms with Crippen molar-refractivity contribution in [2.75, 3.05) is 11.5 Å². The molecule has 1 fully saturated rings. The first-order chi connectivity index (χ1) is 12.7. The predicted molar refractivity (Wildman–Crippen MR) is 111 cm³/mol. The number of hydrogen-bond donors (Lipinski definition) is 0. The van der Waals surface area contributed by atoms with Crippen molar-refractivity contribution >= 4 is 33.5 Å². The topological polar surface area (TPSA) is 52.6 Å². The maximum Gasteiger partial charge on any atom is 0.306 e. The van der Waals surface area contributed by atoms with E-state index in [2.05, 4.69) is 13.8 Å². The molecule has 4 nitrogen and oxygen atoms in total. The molecule has 1 saturated heterocycles. The molecule has 1 rings (SSSR count). The molecule has 0 spiro atoms. The van der Waals surface area contributed by atoms with Gasteiger partial charge in [-0.25, -0.2) is 0 Å². The zero-order valence-electron chi connectivity index (χ0n) is 16.5. The van der Waals surface area contributed by atoms with Gasteiger partial charge in [0.05, 0.1) is 0 Å². The van der Waals surface area contributed by atoms with Crippen LogP contribution in [0.25, 0.3) is 0 Å². The SMILES string of the molecule is CCCCCCCC(=O)OC1CSSCC1OC(=O)CCCCCCC. The van der Waals surface area contributed by atoms with Gasteiger partial charge in [0.25, 0.3) is 0 Å². The fourth-order valence-corrected chi connectivity index (χ4v) is 5.27. The fourth-order valence-electron chi connectivity index (χ4n) is 2.87. The highest BCUT2D eigenvalue weighted by Gasteiger charge is 2.32. The van der Waals surface area contributed by atoms with Crippen LogP contribution < -0.4 is 0 Å². The molecular weight excluding hydrogens is 368 g/mol. The Labute approximate surface area is 167 Å². The molecule has 0 N–H and O–H groups in total. The second-order valence-corrected chi connectivity index (χ2v) is 9.51. The molecule has 0 aliphatic carbocycles. The van der Waals surface area contributed by atoms with E-state index in [9.17, 15) is 9.59 Å². The lowest BCUT2D eigenvalue weighted by Gasteiger charge is -2.29. The zero-order valence-corrected chi connectivity index (χ0v) is 18.1. The maximum atomic E-state index is 12.1. The summed E-state index contributed by atoms with van der Waals surface area (Å²) in [4.78, 5) is 24.1. The summed E-state index contributed by atoms with van der Waals surface area (Å²) in [5.74, 6) is 1.08. The lowest BCUT2D eigenvalue weighted by atomic mass is 10.1. The van der Waals surface area contributed by atoms with E-state index in [0.29, 0.717) is 24.3 Å². The Balaban J connectivity index is 2.25. The molecule has 26 heavy (non-hydrogen) atoms. The first-order valence-electron chi connectivity index (χ1n) is 10.3. The Morgan fingerprint density at radius 3 is 1.46 bits per heavy atom. The van der Waals surface area contributed by atoms with Gasteiger partial charge in [-0.15, -0.1) is 0 Å². The third-order valence-electron chi connectivity index (χ3n) is 4.50. The second kappa shape index (κ2) is 15.7. The summed E-state index contributed by atoms with van der Waals surface area (Å²) in [5, 5.41) is 0. The maximum absolute atomic E-state index is 12.1. The summed E-state index contributed by atoms with van der Waals surface area (Å²) < 4.78 is 11.2. The van der Waals surface area contributed by atoms with Crippen LogP contribution in [-0.4, -0.2) is 35.7 Å². The number of esters is 2. The van der Waals surface area contributed by atoms with Crippen LogP contribution >= 0.6 is 21.6 Å².